The molecule has 1 aromatic rings. The molecule has 0 bridgehead atoms. The zero-order valence-corrected chi connectivity index (χ0v) is 13.1. The lowest BCUT2D eigenvalue weighted by molar-refractivity contribution is 0.198. The normalized spacial score (nSPS) is 18.3. The Labute approximate surface area is 127 Å². The largest absolute Gasteiger partial charge is 0.490 e. The minimum absolute atomic E-state index is 0. The third-order valence-corrected chi connectivity index (χ3v) is 3.21. The van der Waals surface area contributed by atoms with Gasteiger partial charge in [-0.25, -0.2) is 0 Å². The van der Waals surface area contributed by atoms with Crippen molar-refractivity contribution in [2.24, 2.45) is 0 Å². The fourth-order valence-electron chi connectivity index (χ4n) is 2.18. The van der Waals surface area contributed by atoms with Gasteiger partial charge in [0.05, 0.1) is 18.1 Å². The lowest BCUT2D eigenvalue weighted by Gasteiger charge is -2.19. The molecule has 2 heterocycles. The van der Waals surface area contributed by atoms with Crippen molar-refractivity contribution in [2.75, 3.05) is 32.1 Å². The molecule has 110 valence electrons. The van der Waals surface area contributed by atoms with E-state index in [9.17, 15) is 0 Å². The Hall–Kier alpha value is -0.710. The van der Waals surface area contributed by atoms with Crippen LogP contribution in [-0.2, 0) is 0 Å². The standard InChI is InChI=1S/C13H21N3O.2ClH/c1-3-15-11-7-13(9-14-8-11)17-10-12-5-4-6-16(12)2;;/h7-9,12,15H,3-6,10H2,1-2H3;2*1H/t12-;;/m0../s1. The van der Waals surface area contributed by atoms with Gasteiger partial charge in [0.2, 0.25) is 0 Å². The predicted molar refractivity (Wildman–Crippen MR) is 84.0 cm³/mol. The average Bonchev–Trinajstić information content (AvgIpc) is 2.73. The molecule has 6 heteroatoms. The van der Waals surface area contributed by atoms with Crippen LogP contribution in [0.2, 0.25) is 0 Å². The molecule has 1 aliphatic heterocycles. The number of likely N-dealkylation sites (tertiary alicyclic amines) is 1. The Morgan fingerprint density at radius 2 is 2.21 bits per heavy atom. The molecule has 1 N–H and O–H groups in total. The van der Waals surface area contributed by atoms with Crippen LogP contribution < -0.4 is 10.1 Å². The SMILES string of the molecule is CCNc1cncc(OC[C@@H]2CCCN2C)c1.Cl.Cl. The molecule has 0 amide bonds. The molecular formula is C13H23Cl2N3O. The number of likely N-dealkylation sites (N-methyl/N-ethyl adjacent to an activating group) is 1. The molecule has 0 unspecified atom stereocenters. The van der Waals surface area contributed by atoms with Crippen molar-refractivity contribution >= 4 is 30.5 Å². The van der Waals surface area contributed by atoms with Gasteiger partial charge in [-0.2, -0.15) is 0 Å². The van der Waals surface area contributed by atoms with Crippen molar-refractivity contribution in [3.63, 3.8) is 0 Å². The van der Waals surface area contributed by atoms with Crippen LogP contribution in [0.3, 0.4) is 0 Å². The van der Waals surface area contributed by atoms with E-state index in [1.165, 1.54) is 19.4 Å². The Bertz CT molecular complexity index is 365. The summed E-state index contributed by atoms with van der Waals surface area (Å²) in [5, 5.41) is 3.23. The Kier molecular flexibility index (Phi) is 8.89. The topological polar surface area (TPSA) is 37.4 Å². The summed E-state index contributed by atoms with van der Waals surface area (Å²) >= 11 is 0. The summed E-state index contributed by atoms with van der Waals surface area (Å²) in [4.78, 5) is 6.53. The molecule has 0 aliphatic carbocycles. The van der Waals surface area contributed by atoms with Gasteiger partial charge in [0, 0.05) is 18.7 Å². The maximum absolute atomic E-state index is 5.80. The Balaban J connectivity index is 0.00000162. The number of ether oxygens (including phenoxy) is 1. The lowest BCUT2D eigenvalue weighted by Crippen LogP contribution is -2.30. The highest BCUT2D eigenvalue weighted by Crippen LogP contribution is 2.19. The quantitative estimate of drug-likeness (QED) is 0.907. The highest BCUT2D eigenvalue weighted by molar-refractivity contribution is 5.85. The van der Waals surface area contributed by atoms with E-state index in [-0.39, 0.29) is 24.8 Å². The van der Waals surface area contributed by atoms with Crippen molar-refractivity contribution < 1.29 is 4.74 Å². The van der Waals surface area contributed by atoms with Gasteiger partial charge in [-0.3, -0.25) is 4.98 Å². The van der Waals surface area contributed by atoms with Crippen LogP contribution in [0.5, 0.6) is 5.75 Å². The number of hydrogen-bond acceptors (Lipinski definition) is 4. The van der Waals surface area contributed by atoms with Gasteiger partial charge in [0.15, 0.2) is 0 Å². The second-order valence-corrected chi connectivity index (χ2v) is 4.53. The van der Waals surface area contributed by atoms with Crippen molar-refractivity contribution in [3.05, 3.63) is 18.5 Å². The van der Waals surface area contributed by atoms with E-state index in [0.29, 0.717) is 6.04 Å². The third-order valence-electron chi connectivity index (χ3n) is 3.21. The number of anilines is 1. The minimum Gasteiger partial charge on any atom is -0.490 e. The fourth-order valence-corrected chi connectivity index (χ4v) is 2.18. The van der Waals surface area contributed by atoms with Crippen LogP contribution in [0, 0.1) is 0 Å². The van der Waals surface area contributed by atoms with Crippen LogP contribution >= 0.6 is 24.8 Å². The summed E-state index contributed by atoms with van der Waals surface area (Å²) in [5.74, 6) is 0.851. The summed E-state index contributed by atoms with van der Waals surface area (Å²) in [6, 6.07) is 2.56. The number of aromatic nitrogens is 1. The van der Waals surface area contributed by atoms with Crippen molar-refractivity contribution in [2.45, 2.75) is 25.8 Å². The summed E-state index contributed by atoms with van der Waals surface area (Å²) in [6.07, 6.45) is 6.10. The van der Waals surface area contributed by atoms with Gasteiger partial charge >= 0.3 is 0 Å². The first-order valence-corrected chi connectivity index (χ1v) is 6.31. The lowest BCUT2D eigenvalue weighted by atomic mass is 10.2. The smallest absolute Gasteiger partial charge is 0.139 e. The zero-order valence-electron chi connectivity index (χ0n) is 11.5. The summed E-state index contributed by atoms with van der Waals surface area (Å²) in [7, 11) is 2.16. The zero-order chi connectivity index (χ0) is 12.1. The first kappa shape index (κ1) is 18.3. The number of hydrogen-bond donors (Lipinski definition) is 1. The molecule has 0 spiro atoms. The van der Waals surface area contributed by atoms with Gasteiger partial charge in [-0.15, -0.1) is 24.8 Å². The van der Waals surface area contributed by atoms with Crippen LogP contribution in [0.4, 0.5) is 5.69 Å². The van der Waals surface area contributed by atoms with Crippen LogP contribution in [0.25, 0.3) is 0 Å². The van der Waals surface area contributed by atoms with Crippen LogP contribution in [-0.4, -0.2) is 42.7 Å². The molecule has 0 radical (unpaired) electrons. The molecule has 1 aliphatic rings. The molecule has 1 saturated heterocycles. The number of pyridine rings is 1. The van der Waals surface area contributed by atoms with E-state index in [0.717, 1.165) is 24.6 Å². The van der Waals surface area contributed by atoms with E-state index in [1.807, 2.05) is 12.3 Å². The first-order valence-electron chi connectivity index (χ1n) is 6.31. The van der Waals surface area contributed by atoms with E-state index in [1.54, 1.807) is 6.20 Å². The number of nitrogens with zero attached hydrogens (tertiary/aromatic N) is 2. The maximum atomic E-state index is 5.80. The van der Waals surface area contributed by atoms with Crippen LogP contribution in [0.1, 0.15) is 19.8 Å². The van der Waals surface area contributed by atoms with E-state index in [4.69, 9.17) is 4.74 Å². The molecule has 1 fully saturated rings. The highest BCUT2D eigenvalue weighted by Gasteiger charge is 2.21. The Morgan fingerprint density at radius 1 is 1.42 bits per heavy atom. The second kappa shape index (κ2) is 9.23. The van der Waals surface area contributed by atoms with E-state index < -0.39 is 0 Å². The summed E-state index contributed by atoms with van der Waals surface area (Å²) < 4.78 is 5.80. The number of rotatable bonds is 5. The van der Waals surface area contributed by atoms with Gasteiger partial charge < -0.3 is 15.0 Å². The molecule has 0 saturated carbocycles. The number of halogens is 2. The van der Waals surface area contributed by atoms with Gasteiger partial charge in [0.25, 0.3) is 0 Å². The van der Waals surface area contributed by atoms with Crippen molar-refractivity contribution in [1.29, 1.82) is 0 Å². The van der Waals surface area contributed by atoms with Crippen LogP contribution in [0.15, 0.2) is 18.5 Å². The molecular weight excluding hydrogens is 285 g/mol. The monoisotopic (exact) mass is 307 g/mol. The average molecular weight is 308 g/mol. The molecule has 1 aromatic heterocycles. The molecule has 2 rings (SSSR count). The van der Waals surface area contributed by atoms with Gasteiger partial charge in [-0.05, 0) is 33.4 Å². The molecule has 0 aromatic carbocycles. The maximum Gasteiger partial charge on any atom is 0.139 e. The molecule has 4 nitrogen and oxygen atoms in total. The first-order chi connectivity index (χ1) is 8.29. The third kappa shape index (κ3) is 5.43. The van der Waals surface area contributed by atoms with E-state index in [2.05, 4.69) is 29.2 Å². The minimum atomic E-state index is 0. The predicted octanol–water partition coefficient (Wildman–Crippen LogP) is 2.83. The fraction of sp³-hybridized carbons (Fsp3) is 0.615. The van der Waals surface area contributed by atoms with E-state index >= 15 is 0 Å². The van der Waals surface area contributed by atoms with Crippen molar-refractivity contribution in [1.82, 2.24) is 9.88 Å². The molecule has 19 heavy (non-hydrogen) atoms. The summed E-state index contributed by atoms with van der Waals surface area (Å²) in [6.45, 7) is 4.91. The Morgan fingerprint density at radius 3 is 2.84 bits per heavy atom. The second-order valence-electron chi connectivity index (χ2n) is 4.53. The summed E-state index contributed by atoms with van der Waals surface area (Å²) in [5.41, 5.74) is 1.02. The van der Waals surface area contributed by atoms with Gasteiger partial charge in [-0.1, -0.05) is 0 Å². The highest BCUT2D eigenvalue weighted by atomic mass is 35.5. The van der Waals surface area contributed by atoms with Crippen molar-refractivity contribution in [3.8, 4) is 5.75 Å². The molecule has 1 atom stereocenters. The van der Waals surface area contributed by atoms with Gasteiger partial charge in [0.1, 0.15) is 12.4 Å². The number of nitrogens with one attached hydrogen (secondary N) is 1.